The van der Waals surface area contributed by atoms with Crippen molar-refractivity contribution >= 4 is 33.3 Å². The molecule has 1 aromatic carbocycles. The van der Waals surface area contributed by atoms with Gasteiger partial charge >= 0.3 is 0 Å². The number of nitrogens with zero attached hydrogens (tertiary/aromatic N) is 2. The van der Waals surface area contributed by atoms with E-state index < -0.39 is 0 Å². The van der Waals surface area contributed by atoms with E-state index in [1.807, 2.05) is 6.92 Å². The van der Waals surface area contributed by atoms with Gasteiger partial charge in [0.25, 0.3) is 5.91 Å². The number of rotatable bonds is 7. The topological polar surface area (TPSA) is 76.1 Å². The van der Waals surface area contributed by atoms with E-state index in [1.54, 1.807) is 19.2 Å². The van der Waals surface area contributed by atoms with Crippen LogP contribution in [0, 0.1) is 12.7 Å². The molecule has 6 nitrogen and oxygen atoms in total. The maximum absolute atomic E-state index is 13.2. The fourth-order valence-electron chi connectivity index (χ4n) is 2.60. The number of aromatic nitrogens is 2. The van der Waals surface area contributed by atoms with Crippen LogP contribution in [0.1, 0.15) is 20.8 Å². The number of methoxy groups -OCH3 is 1. The first-order chi connectivity index (χ1) is 12.6. The molecule has 0 aliphatic carbocycles. The van der Waals surface area contributed by atoms with E-state index in [1.165, 1.54) is 29.8 Å². The number of ether oxygens (including phenoxy) is 1. The van der Waals surface area contributed by atoms with Gasteiger partial charge in [-0.2, -0.15) is 0 Å². The minimum Gasteiger partial charge on any atom is -0.383 e. The summed E-state index contributed by atoms with van der Waals surface area (Å²) in [6, 6.07) is 6.17. The van der Waals surface area contributed by atoms with Crippen molar-refractivity contribution in [2.24, 2.45) is 0 Å². The summed E-state index contributed by atoms with van der Waals surface area (Å²) in [6.07, 6.45) is 1.47. The highest BCUT2D eigenvalue weighted by Gasteiger charge is 2.19. The maximum Gasteiger partial charge on any atom is 0.261 e. The molecular weight excluding hydrogens is 355 g/mol. The molecule has 0 radical (unpaired) electrons. The molecule has 0 bridgehead atoms. The lowest BCUT2D eigenvalue weighted by Crippen LogP contribution is -2.22. The first kappa shape index (κ1) is 18.2. The molecule has 26 heavy (non-hydrogen) atoms. The molecule has 0 aliphatic heterocycles. The van der Waals surface area contributed by atoms with Crippen LogP contribution < -0.4 is 10.6 Å². The minimum atomic E-state index is -0.322. The van der Waals surface area contributed by atoms with E-state index in [9.17, 15) is 9.18 Å². The normalized spacial score (nSPS) is 10.9. The Hall–Kier alpha value is -2.58. The summed E-state index contributed by atoms with van der Waals surface area (Å²) in [4.78, 5) is 22.4. The van der Waals surface area contributed by atoms with Gasteiger partial charge in [-0.15, -0.1) is 11.3 Å². The smallest absolute Gasteiger partial charge is 0.261 e. The quantitative estimate of drug-likeness (QED) is 0.622. The van der Waals surface area contributed by atoms with Crippen LogP contribution in [0.2, 0.25) is 0 Å². The third kappa shape index (κ3) is 3.97. The van der Waals surface area contributed by atoms with E-state index >= 15 is 0 Å². The fourth-order valence-corrected chi connectivity index (χ4v) is 3.67. The Kier molecular flexibility index (Phi) is 5.75. The van der Waals surface area contributed by atoms with Crippen molar-refractivity contribution in [3.8, 4) is 0 Å². The number of fused-ring (bicyclic) bond motifs is 1. The number of amides is 1. The number of anilines is 1. The van der Waals surface area contributed by atoms with Crippen LogP contribution in [-0.4, -0.2) is 36.1 Å². The summed E-state index contributed by atoms with van der Waals surface area (Å²) >= 11 is 1.32. The SMILES string of the molecule is COCCNc1ncnc2sc(C(=O)NCc3cccc(F)c3)c(C)c12. The van der Waals surface area contributed by atoms with Crippen LogP contribution >= 0.6 is 11.3 Å². The molecule has 0 fully saturated rings. The number of nitrogens with one attached hydrogen (secondary N) is 2. The molecule has 0 atom stereocenters. The molecule has 0 saturated carbocycles. The van der Waals surface area contributed by atoms with Gasteiger partial charge in [-0.1, -0.05) is 12.1 Å². The Bertz CT molecular complexity index is 929. The van der Waals surface area contributed by atoms with E-state index in [4.69, 9.17) is 4.74 Å². The lowest BCUT2D eigenvalue weighted by atomic mass is 10.2. The van der Waals surface area contributed by atoms with Gasteiger partial charge in [-0.25, -0.2) is 14.4 Å². The zero-order chi connectivity index (χ0) is 18.5. The monoisotopic (exact) mass is 374 g/mol. The number of halogens is 1. The molecule has 3 aromatic rings. The lowest BCUT2D eigenvalue weighted by Gasteiger charge is -2.07. The van der Waals surface area contributed by atoms with Crippen molar-refractivity contribution in [1.29, 1.82) is 0 Å². The highest BCUT2D eigenvalue weighted by molar-refractivity contribution is 7.20. The summed E-state index contributed by atoms with van der Waals surface area (Å²) < 4.78 is 18.3. The fraction of sp³-hybridized carbons (Fsp3) is 0.278. The van der Waals surface area contributed by atoms with Crippen molar-refractivity contribution in [2.75, 3.05) is 25.6 Å². The zero-order valence-corrected chi connectivity index (χ0v) is 15.3. The minimum absolute atomic E-state index is 0.211. The van der Waals surface area contributed by atoms with Gasteiger partial charge in [0.2, 0.25) is 0 Å². The van der Waals surface area contributed by atoms with Gasteiger partial charge in [0, 0.05) is 20.2 Å². The zero-order valence-electron chi connectivity index (χ0n) is 14.5. The molecule has 0 saturated heterocycles. The highest BCUT2D eigenvalue weighted by atomic mass is 32.1. The average Bonchev–Trinajstić information content (AvgIpc) is 2.98. The molecule has 2 heterocycles. The van der Waals surface area contributed by atoms with Crippen molar-refractivity contribution in [1.82, 2.24) is 15.3 Å². The van der Waals surface area contributed by atoms with Gasteiger partial charge in [0.05, 0.1) is 16.9 Å². The number of benzene rings is 1. The molecule has 2 aromatic heterocycles. The molecule has 0 aliphatic rings. The Morgan fingerprint density at radius 2 is 2.19 bits per heavy atom. The number of aryl methyl sites for hydroxylation is 1. The van der Waals surface area contributed by atoms with E-state index in [-0.39, 0.29) is 18.3 Å². The van der Waals surface area contributed by atoms with Gasteiger partial charge in [-0.05, 0) is 30.2 Å². The third-order valence-electron chi connectivity index (χ3n) is 3.87. The largest absolute Gasteiger partial charge is 0.383 e. The summed E-state index contributed by atoms with van der Waals surface area (Å²) in [5, 5.41) is 6.87. The lowest BCUT2D eigenvalue weighted by molar-refractivity contribution is 0.0954. The number of thiophene rings is 1. The van der Waals surface area contributed by atoms with Gasteiger partial charge in [0.15, 0.2) is 0 Å². The molecule has 0 unspecified atom stereocenters. The Morgan fingerprint density at radius 3 is 2.96 bits per heavy atom. The van der Waals surface area contributed by atoms with E-state index in [0.717, 1.165) is 15.8 Å². The van der Waals surface area contributed by atoms with E-state index in [0.29, 0.717) is 29.4 Å². The summed E-state index contributed by atoms with van der Waals surface area (Å²) in [5.74, 6) is 0.152. The predicted molar refractivity (Wildman–Crippen MR) is 100 cm³/mol. The second kappa shape index (κ2) is 8.20. The van der Waals surface area contributed by atoms with Crippen LogP contribution in [-0.2, 0) is 11.3 Å². The van der Waals surface area contributed by atoms with Crippen molar-refractivity contribution in [3.05, 3.63) is 52.4 Å². The average molecular weight is 374 g/mol. The standard InChI is InChI=1S/C18H19FN4O2S/c1-11-14-16(20-6-7-25-2)22-10-23-18(14)26-15(11)17(24)21-9-12-4-3-5-13(19)8-12/h3-5,8,10H,6-7,9H2,1-2H3,(H,21,24)(H,20,22,23). The number of carbonyl (C=O) groups is 1. The molecule has 3 rings (SSSR count). The predicted octanol–water partition coefficient (Wildman–Crippen LogP) is 3.13. The van der Waals surface area contributed by atoms with Crippen molar-refractivity contribution in [3.63, 3.8) is 0 Å². The molecule has 8 heteroatoms. The number of carbonyl (C=O) groups excluding carboxylic acids is 1. The second-order valence-electron chi connectivity index (χ2n) is 5.69. The third-order valence-corrected chi connectivity index (χ3v) is 5.07. The van der Waals surface area contributed by atoms with Crippen LogP contribution in [0.3, 0.4) is 0 Å². The van der Waals surface area contributed by atoms with Crippen LogP contribution in [0.25, 0.3) is 10.2 Å². The van der Waals surface area contributed by atoms with Gasteiger partial charge in [-0.3, -0.25) is 4.79 Å². The maximum atomic E-state index is 13.2. The van der Waals surface area contributed by atoms with Crippen LogP contribution in [0.15, 0.2) is 30.6 Å². The molecule has 2 N–H and O–H groups in total. The van der Waals surface area contributed by atoms with Gasteiger partial charge in [0.1, 0.15) is 22.8 Å². The molecule has 0 spiro atoms. The van der Waals surface area contributed by atoms with Crippen LogP contribution in [0.4, 0.5) is 10.2 Å². The van der Waals surface area contributed by atoms with Crippen molar-refractivity contribution < 1.29 is 13.9 Å². The highest BCUT2D eigenvalue weighted by Crippen LogP contribution is 2.33. The Labute approximate surface area is 154 Å². The number of hydrogen-bond acceptors (Lipinski definition) is 6. The van der Waals surface area contributed by atoms with Gasteiger partial charge < -0.3 is 15.4 Å². The van der Waals surface area contributed by atoms with Crippen molar-refractivity contribution in [2.45, 2.75) is 13.5 Å². The summed E-state index contributed by atoms with van der Waals surface area (Å²) in [5.41, 5.74) is 1.53. The Morgan fingerprint density at radius 1 is 1.35 bits per heavy atom. The molecule has 1 amide bonds. The van der Waals surface area contributed by atoms with Crippen LogP contribution in [0.5, 0.6) is 0 Å². The first-order valence-corrected chi connectivity index (χ1v) is 8.91. The summed E-state index contributed by atoms with van der Waals surface area (Å²) in [6.45, 7) is 3.30. The number of hydrogen-bond donors (Lipinski definition) is 2. The second-order valence-corrected chi connectivity index (χ2v) is 6.69. The molecule has 136 valence electrons. The molecular formula is C18H19FN4O2S. The summed E-state index contributed by atoms with van der Waals surface area (Å²) in [7, 11) is 1.63. The first-order valence-electron chi connectivity index (χ1n) is 8.09. The Balaban J connectivity index is 1.80. The van der Waals surface area contributed by atoms with E-state index in [2.05, 4.69) is 20.6 Å².